The Morgan fingerprint density at radius 2 is 1.73 bits per heavy atom. The summed E-state index contributed by atoms with van der Waals surface area (Å²) in [7, 11) is 1.22. The predicted molar refractivity (Wildman–Crippen MR) is 138 cm³/mol. The van der Waals surface area contributed by atoms with Gasteiger partial charge in [0.25, 0.3) is 5.88 Å². The van der Waals surface area contributed by atoms with Crippen LogP contribution < -0.4 is 4.74 Å². The number of esters is 1. The van der Waals surface area contributed by atoms with Crippen LogP contribution >= 0.6 is 0 Å². The van der Waals surface area contributed by atoms with Crippen LogP contribution in [0.25, 0.3) is 33.5 Å². The van der Waals surface area contributed by atoms with Crippen molar-refractivity contribution in [3.8, 4) is 17.3 Å². The Hall–Kier alpha value is -4.35. The lowest BCUT2D eigenvalue weighted by atomic mass is 10.1. The molecule has 0 unspecified atom stereocenters. The fraction of sp³-hybridized carbons (Fsp3) is 0.357. The van der Waals surface area contributed by atoms with E-state index in [-0.39, 0.29) is 30.3 Å². The number of benzene rings is 2. The van der Waals surface area contributed by atoms with Crippen LogP contribution in [0.5, 0.6) is 5.88 Å². The normalized spacial score (nSPS) is 17.8. The summed E-state index contributed by atoms with van der Waals surface area (Å²) in [5.41, 5.74) is -0.121. The van der Waals surface area contributed by atoms with Gasteiger partial charge in [-0.2, -0.15) is 18.2 Å². The smallest absolute Gasteiger partial charge is 0.416 e. The first-order valence-corrected chi connectivity index (χ1v) is 12.4. The molecule has 2 atom stereocenters. The Morgan fingerprint density at radius 1 is 1.02 bits per heavy atom. The van der Waals surface area contributed by atoms with Gasteiger partial charge in [-0.25, -0.2) is 14.6 Å². The summed E-state index contributed by atoms with van der Waals surface area (Å²) in [5.74, 6) is -0.482. The van der Waals surface area contributed by atoms with Crippen molar-refractivity contribution in [3.05, 3.63) is 54.1 Å². The monoisotopic (exact) mass is 557 g/mol. The molecular weight excluding hydrogens is 531 g/mol. The third-order valence-electron chi connectivity index (χ3n) is 6.30. The quantitative estimate of drug-likeness (QED) is 0.282. The summed E-state index contributed by atoms with van der Waals surface area (Å²) in [5, 5.41) is 0.659. The molecule has 2 aromatic carbocycles. The molecule has 0 N–H and O–H groups in total. The van der Waals surface area contributed by atoms with Gasteiger partial charge in [0, 0.05) is 17.4 Å². The lowest BCUT2D eigenvalue weighted by Crippen LogP contribution is -2.44. The molecule has 0 radical (unpaired) electrons. The van der Waals surface area contributed by atoms with Gasteiger partial charge in [0.15, 0.2) is 5.82 Å². The summed E-state index contributed by atoms with van der Waals surface area (Å²) < 4.78 is 61.9. The maximum absolute atomic E-state index is 13.1. The van der Waals surface area contributed by atoms with E-state index in [1.54, 1.807) is 45.0 Å². The number of para-hydroxylation sites is 1. The number of hydrogen-bond donors (Lipinski definition) is 0. The van der Waals surface area contributed by atoms with Crippen molar-refractivity contribution >= 4 is 34.1 Å². The van der Waals surface area contributed by atoms with Crippen LogP contribution in [0, 0.1) is 0 Å². The summed E-state index contributed by atoms with van der Waals surface area (Å²) >= 11 is 0. The summed E-state index contributed by atoms with van der Waals surface area (Å²) in [6.07, 6.45) is -5.80. The molecule has 1 fully saturated rings. The van der Waals surface area contributed by atoms with Gasteiger partial charge in [-0.3, -0.25) is 4.90 Å². The van der Waals surface area contributed by atoms with Crippen LogP contribution in [-0.2, 0) is 20.4 Å². The van der Waals surface area contributed by atoms with Crippen LogP contribution in [0.1, 0.15) is 32.8 Å². The number of methoxy groups -OCH3 is 1. The molecule has 1 aliphatic rings. The highest BCUT2D eigenvalue weighted by Gasteiger charge is 2.44. The van der Waals surface area contributed by atoms with E-state index < -0.39 is 41.5 Å². The van der Waals surface area contributed by atoms with Gasteiger partial charge in [-0.05, 0) is 45.0 Å². The largest absolute Gasteiger partial charge is 0.470 e. The number of rotatable bonds is 4. The summed E-state index contributed by atoms with van der Waals surface area (Å²) in [4.78, 5) is 35.7. The first-order valence-electron chi connectivity index (χ1n) is 12.4. The average Bonchev–Trinajstić information content (AvgIpc) is 3.49. The van der Waals surface area contributed by atoms with Crippen LogP contribution in [0.4, 0.5) is 18.0 Å². The van der Waals surface area contributed by atoms with Gasteiger partial charge in [0.2, 0.25) is 5.58 Å². The Morgan fingerprint density at radius 3 is 2.38 bits per heavy atom. The topological polar surface area (TPSA) is 104 Å². The number of hydrogen-bond acceptors (Lipinski definition) is 8. The number of aromatic nitrogens is 2. The molecule has 1 amide bonds. The maximum Gasteiger partial charge on any atom is 0.416 e. The highest BCUT2D eigenvalue weighted by atomic mass is 19.4. The van der Waals surface area contributed by atoms with E-state index in [4.69, 9.17) is 18.6 Å². The molecule has 0 spiro atoms. The van der Waals surface area contributed by atoms with Gasteiger partial charge in [0.1, 0.15) is 28.8 Å². The van der Waals surface area contributed by atoms with Crippen LogP contribution in [0.15, 0.2) is 52.9 Å². The van der Waals surface area contributed by atoms with E-state index in [9.17, 15) is 22.8 Å². The molecule has 1 aliphatic heterocycles. The number of likely N-dealkylation sites (tertiary alicyclic amines) is 1. The molecule has 5 rings (SSSR count). The minimum Gasteiger partial charge on any atom is -0.470 e. The third kappa shape index (κ3) is 5.38. The van der Waals surface area contributed by atoms with Crippen molar-refractivity contribution in [3.63, 3.8) is 0 Å². The van der Waals surface area contributed by atoms with E-state index in [0.717, 1.165) is 12.1 Å². The number of alkyl halides is 3. The molecule has 4 aromatic rings. The number of carbonyl (C=O) groups excluding carboxylic acids is 2. The Balaban J connectivity index is 1.53. The molecule has 210 valence electrons. The second-order valence-corrected chi connectivity index (χ2v) is 10.4. The number of amides is 1. The Kier molecular flexibility index (Phi) is 6.80. The number of halogens is 3. The first kappa shape index (κ1) is 27.2. The van der Waals surface area contributed by atoms with Gasteiger partial charge in [0.05, 0.1) is 19.2 Å². The molecular formula is C28H26F3N3O6. The highest BCUT2D eigenvalue weighted by Crippen LogP contribution is 2.37. The van der Waals surface area contributed by atoms with Gasteiger partial charge in [-0.15, -0.1) is 0 Å². The van der Waals surface area contributed by atoms with Crippen LogP contribution in [-0.4, -0.2) is 58.3 Å². The van der Waals surface area contributed by atoms with Crippen molar-refractivity contribution in [1.29, 1.82) is 0 Å². The fourth-order valence-corrected chi connectivity index (χ4v) is 4.51. The molecule has 12 heteroatoms. The standard InChI is InChI=1S/C28H26F3N3O6/c1-27(2,3)40-26(36)34-14-17(13-19(34)25(35)37-4)38-24-22-21(18-7-5-6-8-20(18)39-22)32-23(33-24)15-9-11-16(12-10-15)28(29,30)31/h5-12,17,19H,13-14H2,1-4H3/t17-,19+/m1/s1. The first-order chi connectivity index (χ1) is 18.8. The molecule has 0 saturated carbocycles. The molecule has 2 aromatic heterocycles. The molecule has 1 saturated heterocycles. The second-order valence-electron chi connectivity index (χ2n) is 10.4. The maximum atomic E-state index is 13.1. The van der Waals surface area contributed by atoms with Crippen LogP contribution in [0.3, 0.4) is 0 Å². The van der Waals surface area contributed by atoms with Crippen molar-refractivity contribution < 1.29 is 41.4 Å². The fourth-order valence-electron chi connectivity index (χ4n) is 4.51. The van der Waals surface area contributed by atoms with Gasteiger partial charge < -0.3 is 18.6 Å². The molecule has 3 heterocycles. The number of ether oxygens (including phenoxy) is 3. The number of fused-ring (bicyclic) bond motifs is 3. The SMILES string of the molecule is COC(=O)[C@@H]1C[C@@H](Oc2nc(-c3ccc(C(F)(F)F)cc3)nc3c2oc2ccccc23)CN1C(=O)OC(C)(C)C. The average molecular weight is 558 g/mol. The Labute approximate surface area is 226 Å². The molecule has 0 bridgehead atoms. The molecule has 0 aliphatic carbocycles. The van der Waals surface area contributed by atoms with Crippen molar-refractivity contribution in [2.75, 3.05) is 13.7 Å². The van der Waals surface area contributed by atoms with Crippen LogP contribution in [0.2, 0.25) is 0 Å². The lowest BCUT2D eigenvalue weighted by molar-refractivity contribution is -0.145. The third-order valence-corrected chi connectivity index (χ3v) is 6.30. The van der Waals surface area contributed by atoms with E-state index in [0.29, 0.717) is 22.0 Å². The number of carbonyl (C=O) groups is 2. The Bertz CT molecular complexity index is 1580. The number of nitrogens with zero attached hydrogens (tertiary/aromatic N) is 3. The zero-order chi connectivity index (χ0) is 28.8. The summed E-state index contributed by atoms with van der Waals surface area (Å²) in [6.45, 7) is 5.13. The van der Waals surface area contributed by atoms with Gasteiger partial charge in [-0.1, -0.05) is 24.3 Å². The molecule has 9 nitrogen and oxygen atoms in total. The predicted octanol–water partition coefficient (Wildman–Crippen LogP) is 5.99. The van der Waals surface area contributed by atoms with Crippen molar-refractivity contribution in [2.45, 2.75) is 51.1 Å². The van der Waals surface area contributed by atoms with Crippen molar-refractivity contribution in [1.82, 2.24) is 14.9 Å². The van der Waals surface area contributed by atoms with E-state index >= 15 is 0 Å². The summed E-state index contributed by atoms with van der Waals surface area (Å²) in [6, 6.07) is 10.6. The zero-order valence-electron chi connectivity index (χ0n) is 22.1. The highest BCUT2D eigenvalue weighted by molar-refractivity contribution is 6.04. The number of furan rings is 1. The minimum atomic E-state index is -4.49. The van der Waals surface area contributed by atoms with E-state index in [2.05, 4.69) is 9.97 Å². The lowest BCUT2D eigenvalue weighted by Gasteiger charge is -2.27. The second kappa shape index (κ2) is 10.00. The molecule has 40 heavy (non-hydrogen) atoms. The zero-order valence-corrected chi connectivity index (χ0v) is 22.1. The minimum absolute atomic E-state index is 0.00395. The van der Waals surface area contributed by atoms with Gasteiger partial charge >= 0.3 is 18.2 Å². The van der Waals surface area contributed by atoms with E-state index in [1.807, 2.05) is 0 Å². The van der Waals surface area contributed by atoms with Crippen molar-refractivity contribution in [2.24, 2.45) is 0 Å². The van der Waals surface area contributed by atoms with E-state index in [1.165, 1.54) is 24.1 Å².